The van der Waals surface area contributed by atoms with Crippen molar-refractivity contribution in [2.24, 2.45) is 0 Å². The fraction of sp³-hybridized carbons (Fsp3) is 0.150. The van der Waals surface area contributed by atoms with Crippen LogP contribution >= 0.6 is 11.8 Å². The summed E-state index contributed by atoms with van der Waals surface area (Å²) in [6.07, 6.45) is 1.51. The number of ketones is 1. The van der Waals surface area contributed by atoms with Crippen LogP contribution in [-0.2, 0) is 4.79 Å². The maximum Gasteiger partial charge on any atom is 0.293 e. The molecule has 1 heterocycles. The summed E-state index contributed by atoms with van der Waals surface area (Å²) in [5, 5.41) is 10.1. The summed E-state index contributed by atoms with van der Waals surface area (Å²) < 4.78 is 10.4. The van der Waals surface area contributed by atoms with Gasteiger partial charge in [-0.1, -0.05) is 0 Å². The van der Waals surface area contributed by atoms with Crippen LogP contribution in [0.2, 0.25) is 0 Å². The lowest BCUT2D eigenvalue weighted by Crippen LogP contribution is -2.33. The molecule has 0 unspecified atom stereocenters. The second-order valence-electron chi connectivity index (χ2n) is 6.10. The van der Waals surface area contributed by atoms with Gasteiger partial charge in [0.25, 0.3) is 16.8 Å². The van der Waals surface area contributed by atoms with Crippen LogP contribution in [0.15, 0.2) is 47.4 Å². The van der Waals surface area contributed by atoms with Crippen LogP contribution in [-0.4, -0.2) is 47.5 Å². The van der Waals surface area contributed by atoms with E-state index in [0.29, 0.717) is 17.1 Å². The number of carbonyl (C=O) groups is 3. The molecular formula is C20H16N2O7S. The summed E-state index contributed by atoms with van der Waals surface area (Å²) in [5.74, 6) is -0.0671. The molecule has 0 aliphatic carbocycles. The highest BCUT2D eigenvalue weighted by molar-refractivity contribution is 8.18. The van der Waals surface area contributed by atoms with E-state index in [2.05, 4.69) is 0 Å². The predicted octanol–water partition coefficient (Wildman–Crippen LogP) is 3.53. The Hall–Kier alpha value is -3.66. The van der Waals surface area contributed by atoms with Crippen LogP contribution in [0.1, 0.15) is 15.9 Å². The molecule has 2 aromatic carbocycles. The molecule has 0 atom stereocenters. The van der Waals surface area contributed by atoms with E-state index in [0.717, 1.165) is 16.7 Å². The number of thioether (sulfide) groups is 1. The molecule has 0 spiro atoms. The highest BCUT2D eigenvalue weighted by Crippen LogP contribution is 2.35. The Balaban J connectivity index is 1.78. The number of non-ortho nitro benzene ring substituents is 1. The van der Waals surface area contributed by atoms with Crippen molar-refractivity contribution in [1.82, 2.24) is 4.90 Å². The third kappa shape index (κ3) is 4.33. The first-order valence-electron chi connectivity index (χ1n) is 8.59. The first-order valence-corrected chi connectivity index (χ1v) is 9.40. The number of Topliss-reactive ketones (excluding diaryl/α,β-unsaturated/α-hetero) is 1. The lowest BCUT2D eigenvalue weighted by Gasteiger charge is -2.11. The Kier molecular flexibility index (Phi) is 6.17. The van der Waals surface area contributed by atoms with Crippen molar-refractivity contribution in [2.45, 2.75) is 0 Å². The average molecular weight is 428 g/mol. The third-order valence-electron chi connectivity index (χ3n) is 4.30. The number of nitrogens with zero attached hydrogens (tertiary/aromatic N) is 2. The van der Waals surface area contributed by atoms with E-state index in [-0.39, 0.29) is 16.2 Å². The van der Waals surface area contributed by atoms with Gasteiger partial charge < -0.3 is 9.47 Å². The molecule has 0 aromatic heterocycles. The minimum absolute atomic E-state index is 0.153. The first kappa shape index (κ1) is 21.1. The van der Waals surface area contributed by atoms with Crippen LogP contribution in [0.4, 0.5) is 10.5 Å². The summed E-state index contributed by atoms with van der Waals surface area (Å²) in [6, 6.07) is 9.99. The number of benzene rings is 2. The first-order chi connectivity index (χ1) is 14.3. The van der Waals surface area contributed by atoms with Crippen molar-refractivity contribution < 1.29 is 28.8 Å². The highest BCUT2D eigenvalue weighted by Gasteiger charge is 2.36. The van der Waals surface area contributed by atoms with Crippen LogP contribution < -0.4 is 9.47 Å². The quantitative estimate of drug-likeness (QED) is 0.285. The SMILES string of the molecule is COc1ccc(/C=C2/SC(=O)N(CC(=O)c3ccc([N+](=O)[O-])cc3)C2=O)c(OC)c1. The van der Waals surface area contributed by atoms with Gasteiger partial charge in [-0.2, -0.15) is 0 Å². The maximum atomic E-state index is 12.7. The van der Waals surface area contributed by atoms with Crippen molar-refractivity contribution >= 4 is 40.5 Å². The van der Waals surface area contributed by atoms with Gasteiger partial charge in [-0.15, -0.1) is 0 Å². The molecule has 0 saturated carbocycles. The van der Waals surface area contributed by atoms with Gasteiger partial charge in [-0.3, -0.25) is 29.4 Å². The van der Waals surface area contributed by atoms with Crippen LogP contribution in [0, 0.1) is 10.1 Å². The Morgan fingerprint density at radius 3 is 2.43 bits per heavy atom. The van der Waals surface area contributed by atoms with Crippen LogP contribution in [0.3, 0.4) is 0 Å². The van der Waals surface area contributed by atoms with Gasteiger partial charge in [0.05, 0.1) is 30.6 Å². The van der Waals surface area contributed by atoms with E-state index >= 15 is 0 Å². The topological polar surface area (TPSA) is 116 Å². The lowest BCUT2D eigenvalue weighted by atomic mass is 10.1. The van der Waals surface area contributed by atoms with Crippen molar-refractivity contribution in [2.75, 3.05) is 20.8 Å². The largest absolute Gasteiger partial charge is 0.497 e. The summed E-state index contributed by atoms with van der Waals surface area (Å²) >= 11 is 0.720. The number of hydrogen-bond acceptors (Lipinski definition) is 8. The minimum Gasteiger partial charge on any atom is -0.497 e. The zero-order valence-electron chi connectivity index (χ0n) is 16.0. The minimum atomic E-state index is -0.599. The molecule has 3 rings (SSSR count). The summed E-state index contributed by atoms with van der Waals surface area (Å²) in [5.41, 5.74) is 0.583. The van der Waals surface area contributed by atoms with Crippen LogP contribution in [0.25, 0.3) is 6.08 Å². The molecule has 0 radical (unpaired) electrons. The van der Waals surface area contributed by atoms with Gasteiger partial charge in [0.1, 0.15) is 11.5 Å². The molecule has 0 N–H and O–H groups in total. The summed E-state index contributed by atoms with van der Waals surface area (Å²) in [6.45, 7) is -0.459. The number of hydrogen-bond donors (Lipinski definition) is 0. The van der Waals surface area contributed by atoms with Gasteiger partial charge in [-0.25, -0.2) is 0 Å². The van der Waals surface area contributed by atoms with Crippen molar-refractivity contribution in [3.63, 3.8) is 0 Å². The number of nitro groups is 1. The Morgan fingerprint density at radius 2 is 1.83 bits per heavy atom. The predicted molar refractivity (Wildman–Crippen MR) is 110 cm³/mol. The number of ether oxygens (including phenoxy) is 2. The number of nitro benzene ring substituents is 1. The second-order valence-corrected chi connectivity index (χ2v) is 7.10. The van der Waals surface area contributed by atoms with Crippen molar-refractivity contribution in [3.8, 4) is 11.5 Å². The Morgan fingerprint density at radius 1 is 1.13 bits per heavy atom. The number of rotatable bonds is 7. The fourth-order valence-corrected chi connectivity index (χ4v) is 3.55. The standard InChI is InChI=1S/C20H16N2O7S/c1-28-15-8-5-13(17(10-15)29-2)9-18-19(24)21(20(25)30-18)11-16(23)12-3-6-14(7-4-12)22(26)27/h3-10H,11H2,1-2H3/b18-9+. The Labute approximate surface area is 175 Å². The molecule has 1 saturated heterocycles. The average Bonchev–Trinajstić information content (AvgIpc) is 3.01. The van der Waals surface area contributed by atoms with Gasteiger partial charge in [0.2, 0.25) is 0 Å². The number of carbonyl (C=O) groups excluding carboxylic acids is 3. The highest BCUT2D eigenvalue weighted by atomic mass is 32.2. The molecular weight excluding hydrogens is 412 g/mol. The molecule has 30 heavy (non-hydrogen) atoms. The van der Waals surface area contributed by atoms with E-state index in [9.17, 15) is 24.5 Å². The van der Waals surface area contributed by atoms with Gasteiger partial charge in [-0.05, 0) is 42.1 Å². The molecule has 2 amide bonds. The molecule has 1 aliphatic rings. The number of amides is 2. The molecule has 0 bridgehead atoms. The summed E-state index contributed by atoms with van der Waals surface area (Å²) in [4.78, 5) is 48.5. The fourth-order valence-electron chi connectivity index (χ4n) is 2.72. The normalized spacial score (nSPS) is 14.9. The van der Waals surface area contributed by atoms with E-state index in [1.54, 1.807) is 18.2 Å². The van der Waals surface area contributed by atoms with E-state index in [1.165, 1.54) is 44.6 Å². The molecule has 2 aromatic rings. The molecule has 1 fully saturated rings. The molecule has 10 heteroatoms. The van der Waals surface area contributed by atoms with E-state index < -0.39 is 28.4 Å². The monoisotopic (exact) mass is 428 g/mol. The molecule has 154 valence electrons. The van der Waals surface area contributed by atoms with Crippen molar-refractivity contribution in [1.29, 1.82) is 0 Å². The van der Waals surface area contributed by atoms with Gasteiger partial charge in [0.15, 0.2) is 5.78 Å². The number of methoxy groups -OCH3 is 2. The molecule has 9 nitrogen and oxygen atoms in total. The van der Waals surface area contributed by atoms with Crippen LogP contribution in [0.5, 0.6) is 11.5 Å². The maximum absolute atomic E-state index is 12.7. The van der Waals surface area contributed by atoms with E-state index in [1.807, 2.05) is 0 Å². The van der Waals surface area contributed by atoms with Gasteiger partial charge >= 0.3 is 0 Å². The lowest BCUT2D eigenvalue weighted by molar-refractivity contribution is -0.384. The third-order valence-corrected chi connectivity index (χ3v) is 5.21. The zero-order valence-corrected chi connectivity index (χ0v) is 16.8. The summed E-state index contributed by atoms with van der Waals surface area (Å²) in [7, 11) is 2.99. The smallest absolute Gasteiger partial charge is 0.293 e. The zero-order chi connectivity index (χ0) is 21.8. The Bertz CT molecular complexity index is 1060. The second kappa shape index (κ2) is 8.78. The van der Waals surface area contributed by atoms with Gasteiger partial charge in [0, 0.05) is 29.3 Å². The van der Waals surface area contributed by atoms with E-state index in [4.69, 9.17) is 9.47 Å². The van der Waals surface area contributed by atoms with Crippen molar-refractivity contribution in [3.05, 3.63) is 68.6 Å². The molecule has 1 aliphatic heterocycles. The number of imide groups is 1.